The molecule has 1 aromatic carbocycles. The fourth-order valence-corrected chi connectivity index (χ4v) is 4.58. The molecule has 2 aliphatic rings. The van der Waals surface area contributed by atoms with Gasteiger partial charge in [-0.1, -0.05) is 50.6 Å². The summed E-state index contributed by atoms with van der Waals surface area (Å²) in [5.41, 5.74) is 2.42. The molecule has 8 heteroatoms. The smallest absolute Gasteiger partial charge is 0.367 e. The van der Waals surface area contributed by atoms with E-state index < -0.39 is 12.2 Å². The molecule has 0 radical (unpaired) electrons. The maximum absolute atomic E-state index is 13.8. The highest BCUT2D eigenvalue weighted by molar-refractivity contribution is 5.79. The number of halogens is 3. The Morgan fingerprint density at radius 2 is 1.88 bits per heavy atom. The largest absolute Gasteiger partial charge is 0.410 e. The van der Waals surface area contributed by atoms with Gasteiger partial charge in [0, 0.05) is 31.1 Å². The molecule has 3 heterocycles. The fourth-order valence-electron chi connectivity index (χ4n) is 4.58. The van der Waals surface area contributed by atoms with Gasteiger partial charge in [0.1, 0.15) is 5.82 Å². The summed E-state index contributed by atoms with van der Waals surface area (Å²) >= 11 is 0. The highest BCUT2D eigenvalue weighted by Crippen LogP contribution is 2.44. The summed E-state index contributed by atoms with van der Waals surface area (Å²) in [6, 6.07) is 7.69. The molecule has 1 N–H and O–H groups in total. The van der Waals surface area contributed by atoms with E-state index in [1.165, 1.54) is 0 Å². The SMILES string of the molecule is Cc1ccc(CC(=O)N2CCC(c3cc4n(n3)C(C(F)(F)F)CC(C(C)(C)C)N4)C2)cc1. The summed E-state index contributed by atoms with van der Waals surface area (Å²) in [6.45, 7) is 8.92. The number of amides is 1. The lowest BCUT2D eigenvalue weighted by Gasteiger charge is -2.39. The molecule has 1 fully saturated rings. The van der Waals surface area contributed by atoms with Crippen molar-refractivity contribution >= 4 is 11.7 Å². The van der Waals surface area contributed by atoms with Gasteiger partial charge in [-0.15, -0.1) is 0 Å². The van der Waals surface area contributed by atoms with E-state index in [-0.39, 0.29) is 29.7 Å². The molecule has 2 aliphatic heterocycles. The van der Waals surface area contributed by atoms with Crippen LogP contribution in [0.3, 0.4) is 0 Å². The average molecular weight is 449 g/mol. The summed E-state index contributed by atoms with van der Waals surface area (Å²) in [4.78, 5) is 14.5. The van der Waals surface area contributed by atoms with Gasteiger partial charge < -0.3 is 10.2 Å². The van der Waals surface area contributed by atoms with Crippen LogP contribution in [-0.2, 0) is 11.2 Å². The fraction of sp³-hybridized carbons (Fsp3) is 0.583. The van der Waals surface area contributed by atoms with Gasteiger partial charge in [0.05, 0.1) is 12.1 Å². The van der Waals surface area contributed by atoms with Crippen molar-refractivity contribution in [3.63, 3.8) is 0 Å². The number of carbonyl (C=O) groups excluding carboxylic acids is 1. The number of carbonyl (C=O) groups is 1. The van der Waals surface area contributed by atoms with Gasteiger partial charge in [0.25, 0.3) is 0 Å². The topological polar surface area (TPSA) is 50.2 Å². The molecule has 0 saturated carbocycles. The molecule has 32 heavy (non-hydrogen) atoms. The molecule has 0 bridgehead atoms. The van der Waals surface area contributed by atoms with E-state index in [9.17, 15) is 18.0 Å². The van der Waals surface area contributed by atoms with Crippen LogP contribution in [0, 0.1) is 12.3 Å². The Labute approximate surface area is 187 Å². The lowest BCUT2D eigenvalue weighted by atomic mass is 9.82. The van der Waals surface area contributed by atoms with Crippen molar-refractivity contribution in [2.75, 3.05) is 18.4 Å². The van der Waals surface area contributed by atoms with Crippen molar-refractivity contribution < 1.29 is 18.0 Å². The molecule has 0 spiro atoms. The number of nitrogens with one attached hydrogen (secondary N) is 1. The van der Waals surface area contributed by atoms with Crippen molar-refractivity contribution in [3.8, 4) is 0 Å². The summed E-state index contributed by atoms with van der Waals surface area (Å²) < 4.78 is 42.6. The molecule has 2 aromatic rings. The summed E-state index contributed by atoms with van der Waals surface area (Å²) in [5, 5.41) is 7.65. The van der Waals surface area contributed by atoms with E-state index in [1.54, 1.807) is 11.0 Å². The third-order valence-corrected chi connectivity index (χ3v) is 6.69. The molecule has 1 aromatic heterocycles. The Hall–Kier alpha value is -2.51. The van der Waals surface area contributed by atoms with Crippen LogP contribution in [0.25, 0.3) is 0 Å². The minimum Gasteiger partial charge on any atom is -0.367 e. The molecule has 4 rings (SSSR count). The number of benzene rings is 1. The zero-order chi connectivity index (χ0) is 23.3. The predicted octanol–water partition coefficient (Wildman–Crippen LogP) is 5.08. The average Bonchev–Trinajstić information content (AvgIpc) is 3.34. The van der Waals surface area contributed by atoms with E-state index in [2.05, 4.69) is 10.4 Å². The highest BCUT2D eigenvalue weighted by Gasteiger charge is 2.48. The third-order valence-electron chi connectivity index (χ3n) is 6.69. The van der Waals surface area contributed by atoms with Crippen LogP contribution in [0.5, 0.6) is 0 Å². The van der Waals surface area contributed by atoms with Crippen molar-refractivity contribution in [1.82, 2.24) is 14.7 Å². The number of fused-ring (bicyclic) bond motifs is 1. The first kappa shape index (κ1) is 22.7. The van der Waals surface area contributed by atoms with Gasteiger partial charge in [-0.25, -0.2) is 4.68 Å². The van der Waals surface area contributed by atoms with Crippen LogP contribution < -0.4 is 5.32 Å². The third kappa shape index (κ3) is 4.64. The minimum atomic E-state index is -4.37. The first-order valence-electron chi connectivity index (χ1n) is 11.2. The highest BCUT2D eigenvalue weighted by atomic mass is 19.4. The van der Waals surface area contributed by atoms with Gasteiger partial charge >= 0.3 is 6.18 Å². The second-order valence-electron chi connectivity index (χ2n) is 10.2. The molecular formula is C24H31F3N4O. The number of anilines is 1. The standard InChI is InChI=1S/C24H31F3N4O/c1-15-5-7-16(8-6-15)11-22(32)30-10-9-17(14-30)18-12-21-28-19(23(2,3)4)13-20(24(25,26)27)31(21)29-18/h5-8,12,17,19-20,28H,9-11,13-14H2,1-4H3. The van der Waals surface area contributed by atoms with Gasteiger partial charge in [0.2, 0.25) is 5.91 Å². The number of alkyl halides is 3. The second kappa shape index (κ2) is 8.12. The summed E-state index contributed by atoms with van der Waals surface area (Å²) in [5.74, 6) is 0.399. The van der Waals surface area contributed by atoms with Gasteiger partial charge in [-0.05, 0) is 30.7 Å². The number of aryl methyl sites for hydroxylation is 1. The van der Waals surface area contributed by atoms with Gasteiger partial charge in [-0.3, -0.25) is 4.79 Å². The molecule has 5 nitrogen and oxygen atoms in total. The lowest BCUT2D eigenvalue weighted by molar-refractivity contribution is -0.175. The molecule has 174 valence electrons. The number of hydrogen-bond donors (Lipinski definition) is 1. The maximum Gasteiger partial charge on any atom is 0.410 e. The van der Waals surface area contributed by atoms with Gasteiger partial charge in [-0.2, -0.15) is 18.3 Å². The zero-order valence-corrected chi connectivity index (χ0v) is 19.0. The van der Waals surface area contributed by atoms with Crippen LogP contribution in [0.1, 0.15) is 62.4 Å². The number of aromatic nitrogens is 2. The molecule has 3 unspecified atom stereocenters. The van der Waals surface area contributed by atoms with Crippen molar-refractivity contribution in [1.29, 1.82) is 0 Å². The van der Waals surface area contributed by atoms with Crippen molar-refractivity contribution in [3.05, 3.63) is 47.2 Å². The van der Waals surface area contributed by atoms with E-state index in [4.69, 9.17) is 0 Å². The number of rotatable bonds is 3. The second-order valence-corrected chi connectivity index (χ2v) is 10.2. The normalized spacial score (nSPS) is 23.7. The Balaban J connectivity index is 1.49. The number of hydrogen-bond acceptors (Lipinski definition) is 3. The molecule has 1 saturated heterocycles. The minimum absolute atomic E-state index is 0.0411. The van der Waals surface area contributed by atoms with Crippen molar-refractivity contribution in [2.24, 2.45) is 5.41 Å². The number of nitrogens with zero attached hydrogens (tertiary/aromatic N) is 3. The first-order valence-corrected chi connectivity index (χ1v) is 11.2. The van der Waals surface area contributed by atoms with E-state index in [0.717, 1.165) is 15.8 Å². The molecule has 1 amide bonds. The Kier molecular flexibility index (Phi) is 5.75. The quantitative estimate of drug-likeness (QED) is 0.712. The van der Waals surface area contributed by atoms with Crippen LogP contribution in [0.15, 0.2) is 30.3 Å². The summed E-state index contributed by atoms with van der Waals surface area (Å²) in [7, 11) is 0. The lowest BCUT2D eigenvalue weighted by Crippen LogP contribution is -2.44. The first-order chi connectivity index (χ1) is 14.9. The molecule has 3 atom stereocenters. The molecule has 0 aliphatic carbocycles. The number of likely N-dealkylation sites (tertiary alicyclic amines) is 1. The maximum atomic E-state index is 13.8. The monoisotopic (exact) mass is 448 g/mol. The summed E-state index contributed by atoms with van der Waals surface area (Å²) in [6.07, 6.45) is -3.38. The van der Waals surface area contributed by atoms with E-state index >= 15 is 0 Å². The Morgan fingerprint density at radius 1 is 1.19 bits per heavy atom. The Morgan fingerprint density at radius 3 is 2.50 bits per heavy atom. The molecular weight excluding hydrogens is 417 g/mol. The van der Waals surface area contributed by atoms with E-state index in [1.807, 2.05) is 52.0 Å². The van der Waals surface area contributed by atoms with E-state index in [0.29, 0.717) is 37.4 Å². The van der Waals surface area contributed by atoms with Crippen LogP contribution in [0.2, 0.25) is 0 Å². The van der Waals surface area contributed by atoms with Crippen LogP contribution in [-0.4, -0.2) is 45.9 Å². The van der Waals surface area contributed by atoms with Crippen LogP contribution >= 0.6 is 0 Å². The van der Waals surface area contributed by atoms with Crippen molar-refractivity contribution in [2.45, 2.75) is 71.1 Å². The predicted molar refractivity (Wildman–Crippen MR) is 118 cm³/mol. The zero-order valence-electron chi connectivity index (χ0n) is 19.0. The van der Waals surface area contributed by atoms with Crippen LogP contribution in [0.4, 0.5) is 19.0 Å². The Bertz CT molecular complexity index is 975. The van der Waals surface area contributed by atoms with Gasteiger partial charge in [0.15, 0.2) is 6.04 Å².